The van der Waals surface area contributed by atoms with Crippen LogP contribution >= 0.6 is 0 Å². The Hall–Kier alpha value is -6.88. The van der Waals surface area contributed by atoms with Gasteiger partial charge in [-0.25, -0.2) is 0 Å². The molecule has 0 aliphatic heterocycles. The first-order valence-corrected chi connectivity index (χ1v) is 15.9. The van der Waals surface area contributed by atoms with Crippen LogP contribution in [-0.4, -0.2) is 9.13 Å². The largest absolute Gasteiger partial charge is 0.309 e. The minimum atomic E-state index is 0.580. The fraction of sp³-hybridized carbons (Fsp3) is 0. The van der Waals surface area contributed by atoms with Gasteiger partial charge in [-0.2, -0.15) is 10.5 Å². The molecule has 2 aromatic heterocycles. The van der Waals surface area contributed by atoms with E-state index in [0.29, 0.717) is 11.1 Å². The lowest BCUT2D eigenvalue weighted by molar-refractivity contribution is 1.18. The van der Waals surface area contributed by atoms with Crippen LogP contribution in [0, 0.1) is 22.7 Å². The molecular weight excluding hydrogens is 585 g/mol. The van der Waals surface area contributed by atoms with Gasteiger partial charge in [0.05, 0.1) is 51.0 Å². The average Bonchev–Trinajstić information content (AvgIpc) is 3.67. The second kappa shape index (κ2) is 10.9. The number of para-hydroxylation sites is 3. The molecule has 0 bridgehead atoms. The predicted molar refractivity (Wildman–Crippen MR) is 195 cm³/mol. The summed E-state index contributed by atoms with van der Waals surface area (Å²) in [6.07, 6.45) is 0. The van der Waals surface area contributed by atoms with Crippen molar-refractivity contribution in [2.75, 3.05) is 0 Å². The molecule has 0 amide bonds. The maximum absolute atomic E-state index is 9.87. The summed E-state index contributed by atoms with van der Waals surface area (Å²) in [6, 6.07) is 59.0. The number of hydrogen-bond acceptors (Lipinski definition) is 2. The summed E-state index contributed by atoms with van der Waals surface area (Å²) < 4.78 is 4.52. The topological polar surface area (TPSA) is 57.4 Å². The van der Waals surface area contributed by atoms with Crippen LogP contribution in [0.1, 0.15) is 11.1 Å². The third kappa shape index (κ3) is 4.22. The van der Waals surface area contributed by atoms with E-state index in [1.807, 2.05) is 48.5 Å². The zero-order chi connectivity index (χ0) is 32.2. The van der Waals surface area contributed by atoms with E-state index < -0.39 is 0 Å². The second-order valence-electron chi connectivity index (χ2n) is 12.0. The van der Waals surface area contributed by atoms with Crippen LogP contribution in [0.15, 0.2) is 158 Å². The molecule has 0 N–H and O–H groups in total. The Morgan fingerprint density at radius 1 is 0.375 bits per heavy atom. The molecule has 4 nitrogen and oxygen atoms in total. The van der Waals surface area contributed by atoms with Gasteiger partial charge >= 0.3 is 0 Å². The van der Waals surface area contributed by atoms with E-state index in [4.69, 9.17) is 0 Å². The summed E-state index contributed by atoms with van der Waals surface area (Å²) in [4.78, 5) is 0. The number of nitrogens with zero attached hydrogens (tertiary/aromatic N) is 4. The molecule has 0 aliphatic carbocycles. The van der Waals surface area contributed by atoms with Crippen molar-refractivity contribution in [2.45, 2.75) is 0 Å². The SMILES string of the molecule is N#Cc1ccc(-c2ccc(-c3ccc(-n4c5ccccc5c5ccccc54)cc3)cc2)c(-n2c3ccccc3c3ccc(C#N)cc32)c1. The summed E-state index contributed by atoms with van der Waals surface area (Å²) in [5.74, 6) is 0. The number of aromatic nitrogens is 2. The number of benzene rings is 7. The van der Waals surface area contributed by atoms with Crippen molar-refractivity contribution >= 4 is 43.6 Å². The van der Waals surface area contributed by atoms with Crippen molar-refractivity contribution in [3.05, 3.63) is 169 Å². The van der Waals surface area contributed by atoms with Gasteiger partial charge in [0.2, 0.25) is 0 Å². The number of rotatable bonds is 4. The van der Waals surface area contributed by atoms with E-state index >= 15 is 0 Å². The van der Waals surface area contributed by atoms with Gasteiger partial charge in [-0.3, -0.25) is 0 Å². The van der Waals surface area contributed by atoms with Crippen LogP contribution in [0.25, 0.3) is 77.2 Å². The summed E-state index contributed by atoms with van der Waals surface area (Å²) in [6.45, 7) is 0. The number of nitriles is 2. The highest BCUT2D eigenvalue weighted by Gasteiger charge is 2.17. The van der Waals surface area contributed by atoms with Crippen molar-refractivity contribution in [2.24, 2.45) is 0 Å². The average molecular weight is 611 g/mol. The first-order chi connectivity index (χ1) is 23.7. The normalized spacial score (nSPS) is 11.3. The lowest BCUT2D eigenvalue weighted by Gasteiger charge is -2.15. The Bertz CT molecular complexity index is 2730. The smallest absolute Gasteiger partial charge is 0.0992 e. The fourth-order valence-corrected chi connectivity index (χ4v) is 7.18. The molecule has 0 spiro atoms. The third-order valence-corrected chi connectivity index (χ3v) is 9.41. The summed E-state index contributed by atoms with van der Waals surface area (Å²) in [5.41, 5.74) is 11.9. The van der Waals surface area contributed by atoms with Gasteiger partial charge in [-0.1, -0.05) is 103 Å². The summed E-state index contributed by atoms with van der Waals surface area (Å²) >= 11 is 0. The van der Waals surface area contributed by atoms with E-state index in [1.54, 1.807) is 0 Å². The van der Waals surface area contributed by atoms with Crippen LogP contribution in [0.5, 0.6) is 0 Å². The van der Waals surface area contributed by atoms with Gasteiger partial charge < -0.3 is 9.13 Å². The molecule has 0 unspecified atom stereocenters. The van der Waals surface area contributed by atoms with Crippen molar-refractivity contribution in [3.63, 3.8) is 0 Å². The highest BCUT2D eigenvalue weighted by molar-refractivity contribution is 6.10. The Kier molecular flexibility index (Phi) is 6.22. The van der Waals surface area contributed by atoms with Crippen molar-refractivity contribution in [1.29, 1.82) is 10.5 Å². The van der Waals surface area contributed by atoms with E-state index in [2.05, 4.69) is 130 Å². The molecule has 0 fully saturated rings. The second-order valence-corrected chi connectivity index (χ2v) is 12.0. The highest BCUT2D eigenvalue weighted by atomic mass is 15.0. The van der Waals surface area contributed by atoms with Crippen LogP contribution in [0.4, 0.5) is 0 Å². The van der Waals surface area contributed by atoms with Gasteiger partial charge in [0.1, 0.15) is 0 Å². The van der Waals surface area contributed by atoms with Gasteiger partial charge in [0, 0.05) is 32.8 Å². The zero-order valence-electron chi connectivity index (χ0n) is 25.8. The quantitative estimate of drug-likeness (QED) is 0.199. The zero-order valence-corrected chi connectivity index (χ0v) is 25.8. The fourth-order valence-electron chi connectivity index (χ4n) is 7.18. The first-order valence-electron chi connectivity index (χ1n) is 15.9. The van der Waals surface area contributed by atoms with Gasteiger partial charge in [-0.05, 0) is 71.3 Å². The van der Waals surface area contributed by atoms with Crippen molar-refractivity contribution in [3.8, 4) is 45.8 Å². The molecule has 0 atom stereocenters. The van der Waals surface area contributed by atoms with Gasteiger partial charge in [0.15, 0.2) is 0 Å². The van der Waals surface area contributed by atoms with Crippen molar-refractivity contribution < 1.29 is 0 Å². The molecule has 7 aromatic carbocycles. The minimum Gasteiger partial charge on any atom is -0.309 e. The van der Waals surface area contributed by atoms with Gasteiger partial charge in [-0.15, -0.1) is 0 Å². The molecule has 222 valence electrons. The molecule has 4 heteroatoms. The molecule has 0 aliphatic rings. The minimum absolute atomic E-state index is 0.580. The lowest BCUT2D eigenvalue weighted by atomic mass is 9.98. The number of fused-ring (bicyclic) bond motifs is 6. The Morgan fingerprint density at radius 3 is 1.42 bits per heavy atom. The maximum Gasteiger partial charge on any atom is 0.0992 e. The van der Waals surface area contributed by atoms with E-state index in [0.717, 1.165) is 55.4 Å². The lowest BCUT2D eigenvalue weighted by Crippen LogP contribution is -1.98. The van der Waals surface area contributed by atoms with Crippen molar-refractivity contribution in [1.82, 2.24) is 9.13 Å². The summed E-state index contributed by atoms with van der Waals surface area (Å²) in [7, 11) is 0. The molecule has 9 aromatic rings. The molecule has 48 heavy (non-hydrogen) atoms. The standard InChI is InChI=1S/C44H26N4/c45-27-29-13-23-35(43(25-29)48-42-12-6-3-9-38(42)39-24-14-30(28-46)26-44(39)48)33-17-15-31(16-18-33)32-19-21-34(22-20-32)47-40-10-4-1-7-36(40)37-8-2-5-11-41(37)47/h1-26H. The van der Waals surface area contributed by atoms with Gasteiger partial charge in [0.25, 0.3) is 0 Å². The third-order valence-electron chi connectivity index (χ3n) is 9.41. The molecular formula is C44H26N4. The molecule has 0 saturated carbocycles. The number of hydrogen-bond donors (Lipinski definition) is 0. The van der Waals surface area contributed by atoms with E-state index in [1.165, 1.54) is 21.8 Å². The molecule has 9 rings (SSSR count). The van der Waals surface area contributed by atoms with Crippen LogP contribution < -0.4 is 0 Å². The van der Waals surface area contributed by atoms with E-state index in [-0.39, 0.29) is 0 Å². The molecule has 0 saturated heterocycles. The maximum atomic E-state index is 9.87. The van der Waals surface area contributed by atoms with E-state index in [9.17, 15) is 10.5 Å². The first kappa shape index (κ1) is 27.4. The Labute approximate surface area is 277 Å². The summed E-state index contributed by atoms with van der Waals surface area (Å²) in [5, 5.41) is 24.3. The Balaban J connectivity index is 1.13. The molecule has 2 heterocycles. The predicted octanol–water partition coefficient (Wildman–Crippen LogP) is 11.0. The van der Waals surface area contributed by atoms with Crippen LogP contribution in [0.3, 0.4) is 0 Å². The monoisotopic (exact) mass is 610 g/mol. The Morgan fingerprint density at radius 2 is 0.833 bits per heavy atom. The molecule has 0 radical (unpaired) electrons. The van der Waals surface area contributed by atoms with Crippen LogP contribution in [0.2, 0.25) is 0 Å². The highest BCUT2D eigenvalue weighted by Crippen LogP contribution is 2.38. The van der Waals surface area contributed by atoms with Crippen LogP contribution in [-0.2, 0) is 0 Å².